The Hall–Kier alpha value is -3.34. The van der Waals surface area contributed by atoms with Gasteiger partial charge in [-0.3, -0.25) is 9.59 Å². The number of fused-ring (bicyclic) bond motifs is 1. The van der Waals surface area contributed by atoms with Crippen LogP contribution < -0.4 is 10.6 Å². The maximum atomic E-state index is 12.8. The summed E-state index contributed by atoms with van der Waals surface area (Å²) in [4.78, 5) is 39.1. The number of carbonyl (C=O) groups excluding carboxylic acids is 2. The minimum atomic E-state index is -0.491. The Balaban J connectivity index is 1.42. The van der Waals surface area contributed by atoms with E-state index in [9.17, 15) is 9.59 Å². The van der Waals surface area contributed by atoms with E-state index < -0.39 is 5.91 Å². The van der Waals surface area contributed by atoms with Crippen molar-refractivity contribution in [3.8, 4) is 0 Å². The molecule has 8 heteroatoms. The van der Waals surface area contributed by atoms with Crippen LogP contribution in [0, 0.1) is 12.5 Å². The molecule has 2 amide bonds. The first-order valence-electron chi connectivity index (χ1n) is 9.90. The van der Waals surface area contributed by atoms with E-state index in [1.165, 1.54) is 6.08 Å². The minimum absolute atomic E-state index is 0.0122. The Kier molecular flexibility index (Phi) is 5.21. The average Bonchev–Trinajstić information content (AvgIpc) is 3.38. The number of piperazine rings is 1. The van der Waals surface area contributed by atoms with Gasteiger partial charge in [-0.15, -0.1) is 0 Å². The summed E-state index contributed by atoms with van der Waals surface area (Å²) in [5.41, 5.74) is 7.79. The van der Waals surface area contributed by atoms with Crippen molar-refractivity contribution >= 4 is 34.6 Å². The third-order valence-corrected chi connectivity index (χ3v) is 5.87. The number of aromatic nitrogens is 2. The van der Waals surface area contributed by atoms with Gasteiger partial charge in [0.15, 0.2) is 0 Å². The van der Waals surface area contributed by atoms with Gasteiger partial charge in [0.05, 0.1) is 11.9 Å². The molecule has 2 aromatic rings. The smallest absolute Gasteiger partial charge is 0.241 e. The summed E-state index contributed by atoms with van der Waals surface area (Å²) in [7, 11) is 0. The number of pyridine rings is 1. The molecule has 29 heavy (non-hydrogen) atoms. The molecule has 0 spiro atoms. The summed E-state index contributed by atoms with van der Waals surface area (Å²) in [6, 6.07) is 2.07. The van der Waals surface area contributed by atoms with E-state index in [1.54, 1.807) is 12.3 Å². The molecular formula is C21H24N6O2. The molecule has 2 fully saturated rings. The predicted octanol–water partition coefficient (Wildman–Crippen LogP) is 1.80. The maximum Gasteiger partial charge on any atom is 0.241 e. The second-order valence-electron chi connectivity index (χ2n) is 7.67. The number of hydrogen-bond acceptors (Lipinski definition) is 4. The van der Waals surface area contributed by atoms with Gasteiger partial charge < -0.3 is 25.4 Å². The highest BCUT2D eigenvalue weighted by Crippen LogP contribution is 2.30. The van der Waals surface area contributed by atoms with Gasteiger partial charge in [0.25, 0.3) is 0 Å². The van der Waals surface area contributed by atoms with Gasteiger partial charge in [0.2, 0.25) is 17.9 Å². The lowest BCUT2D eigenvalue weighted by Crippen LogP contribution is -2.50. The zero-order chi connectivity index (χ0) is 20.4. The van der Waals surface area contributed by atoms with E-state index in [4.69, 9.17) is 12.3 Å². The highest BCUT2D eigenvalue weighted by molar-refractivity contribution is 5.95. The zero-order valence-electron chi connectivity index (χ0n) is 16.2. The lowest BCUT2D eigenvalue weighted by atomic mass is 10.1. The normalized spacial score (nSPS) is 22.3. The third kappa shape index (κ3) is 3.94. The van der Waals surface area contributed by atoms with Crippen molar-refractivity contribution in [2.45, 2.75) is 25.3 Å². The van der Waals surface area contributed by atoms with Crippen molar-refractivity contribution in [2.75, 3.05) is 31.1 Å². The van der Waals surface area contributed by atoms with Crippen LogP contribution in [0.1, 0.15) is 24.8 Å². The number of carbonyl (C=O) groups is 2. The van der Waals surface area contributed by atoms with Crippen LogP contribution in [-0.4, -0.2) is 58.9 Å². The van der Waals surface area contributed by atoms with Crippen molar-refractivity contribution in [1.82, 2.24) is 14.9 Å². The zero-order valence-corrected chi connectivity index (χ0v) is 16.2. The molecule has 8 nitrogen and oxygen atoms in total. The Bertz CT molecular complexity index is 996. The number of nitrogens with one attached hydrogen (secondary N) is 1. The summed E-state index contributed by atoms with van der Waals surface area (Å²) in [6.07, 6.45) is 9.03. The molecule has 1 saturated carbocycles. The van der Waals surface area contributed by atoms with E-state index in [1.807, 2.05) is 17.2 Å². The van der Waals surface area contributed by atoms with E-state index in [-0.39, 0.29) is 17.9 Å². The number of nitrogens with zero attached hydrogens (tertiary/aromatic N) is 4. The Labute approximate surface area is 169 Å². The van der Waals surface area contributed by atoms with Crippen LogP contribution in [0.3, 0.4) is 0 Å². The van der Waals surface area contributed by atoms with Gasteiger partial charge in [-0.2, -0.15) is 0 Å². The molecule has 1 aliphatic carbocycles. The summed E-state index contributed by atoms with van der Waals surface area (Å²) in [6.45, 7) is 10.0. The largest absolute Gasteiger partial charge is 0.367 e. The molecule has 0 aromatic carbocycles. The van der Waals surface area contributed by atoms with Crippen LogP contribution in [0.2, 0.25) is 0 Å². The number of aromatic amines is 1. The highest BCUT2D eigenvalue weighted by atomic mass is 16.2. The average molecular weight is 392 g/mol. The fourth-order valence-electron chi connectivity index (χ4n) is 4.24. The molecular weight excluding hydrogens is 368 g/mol. The molecule has 0 radical (unpaired) electrons. The topological polar surface area (TPSA) is 99.7 Å². The number of rotatable bonds is 4. The molecule has 0 bridgehead atoms. The molecule has 3 N–H and O–H groups in total. The van der Waals surface area contributed by atoms with E-state index in [2.05, 4.69) is 19.7 Å². The van der Waals surface area contributed by atoms with Crippen molar-refractivity contribution in [3.05, 3.63) is 41.5 Å². The standard InChI is InChI=1S/C21H24N6O2/c1-23-16-4-2-14(10-16)21(29)27-8-6-26(7-9-27)17-11-18-15(3-5-19(22)28)12-24-20(18)25-13-17/h3,5,11-14,16H,2,4,6-10H2,(H2,22,28)(H,24,25)/b5-3+/t14-,16-/m1/s1. The third-order valence-electron chi connectivity index (χ3n) is 5.87. The minimum Gasteiger partial charge on any atom is -0.367 e. The molecule has 4 rings (SSSR count). The first-order valence-corrected chi connectivity index (χ1v) is 9.90. The number of primary amides is 1. The summed E-state index contributed by atoms with van der Waals surface area (Å²) in [5.74, 6) is -0.277. The lowest BCUT2D eigenvalue weighted by Gasteiger charge is -2.37. The molecule has 3 heterocycles. The highest BCUT2D eigenvalue weighted by Gasteiger charge is 2.36. The number of anilines is 1. The van der Waals surface area contributed by atoms with Crippen LogP contribution >= 0.6 is 0 Å². The fourth-order valence-corrected chi connectivity index (χ4v) is 4.24. The van der Waals surface area contributed by atoms with Crippen LogP contribution in [0.5, 0.6) is 0 Å². The van der Waals surface area contributed by atoms with E-state index >= 15 is 0 Å². The fraction of sp³-hybridized carbons (Fsp3) is 0.429. The number of H-pyrrole nitrogens is 1. The van der Waals surface area contributed by atoms with Gasteiger partial charge in [-0.05, 0) is 18.6 Å². The number of nitrogens with two attached hydrogens (primary N) is 1. The van der Waals surface area contributed by atoms with E-state index in [0.717, 1.165) is 48.2 Å². The summed E-state index contributed by atoms with van der Waals surface area (Å²) in [5, 5.41) is 0.926. The van der Waals surface area contributed by atoms with Gasteiger partial charge in [-0.1, -0.05) is 0 Å². The Morgan fingerprint density at radius 3 is 2.76 bits per heavy atom. The second-order valence-corrected chi connectivity index (χ2v) is 7.67. The second kappa shape index (κ2) is 7.95. The van der Waals surface area contributed by atoms with Crippen LogP contribution in [0.15, 0.2) is 24.5 Å². The quantitative estimate of drug-likeness (QED) is 0.612. The van der Waals surface area contributed by atoms with Crippen LogP contribution in [0.4, 0.5) is 5.69 Å². The van der Waals surface area contributed by atoms with Gasteiger partial charge in [-0.25, -0.2) is 11.6 Å². The SMILES string of the molecule is [C-]#[N+][C@@H]1CC[C@@H](C(=O)N2CCN(c3cnc4[nH]cc(/C=C/C(N)=O)c4c3)CC2)C1. The Morgan fingerprint density at radius 2 is 2.07 bits per heavy atom. The molecule has 2 atom stereocenters. The van der Waals surface area contributed by atoms with Crippen LogP contribution in [0.25, 0.3) is 22.0 Å². The first kappa shape index (κ1) is 19.0. The summed E-state index contributed by atoms with van der Waals surface area (Å²) >= 11 is 0. The van der Waals surface area contributed by atoms with Gasteiger partial charge >= 0.3 is 0 Å². The maximum absolute atomic E-state index is 12.8. The monoisotopic (exact) mass is 392 g/mol. The number of amides is 2. The van der Waals surface area contributed by atoms with Crippen molar-refractivity contribution < 1.29 is 9.59 Å². The van der Waals surface area contributed by atoms with Crippen LogP contribution in [-0.2, 0) is 9.59 Å². The first-order chi connectivity index (χ1) is 14.0. The van der Waals surface area contributed by atoms with Crippen molar-refractivity contribution in [2.24, 2.45) is 11.7 Å². The molecule has 0 unspecified atom stereocenters. The molecule has 2 aromatic heterocycles. The number of hydrogen-bond donors (Lipinski definition) is 2. The molecule has 1 saturated heterocycles. The molecule has 150 valence electrons. The van der Waals surface area contributed by atoms with Gasteiger partial charge in [0.1, 0.15) is 5.65 Å². The van der Waals surface area contributed by atoms with Crippen molar-refractivity contribution in [3.63, 3.8) is 0 Å². The molecule has 1 aliphatic heterocycles. The molecule has 2 aliphatic rings. The lowest BCUT2D eigenvalue weighted by molar-refractivity contribution is -0.135. The van der Waals surface area contributed by atoms with Crippen molar-refractivity contribution in [1.29, 1.82) is 0 Å². The Morgan fingerprint density at radius 1 is 1.28 bits per heavy atom. The van der Waals surface area contributed by atoms with E-state index in [0.29, 0.717) is 19.5 Å². The summed E-state index contributed by atoms with van der Waals surface area (Å²) < 4.78 is 0. The predicted molar refractivity (Wildman–Crippen MR) is 111 cm³/mol. The van der Waals surface area contributed by atoms with Gasteiger partial charge in [0, 0.05) is 68.2 Å².